The first-order chi connectivity index (χ1) is 9.19. The Morgan fingerprint density at radius 2 is 2.21 bits per heavy atom. The lowest BCUT2D eigenvalue weighted by Gasteiger charge is -2.05. The molecule has 1 heterocycles. The minimum Gasteiger partial charge on any atom is -0.311 e. The average Bonchev–Trinajstić information content (AvgIpc) is 2.81. The van der Waals surface area contributed by atoms with Crippen LogP contribution in [0.3, 0.4) is 0 Å². The lowest BCUT2D eigenvalue weighted by Crippen LogP contribution is -2.13. The van der Waals surface area contributed by atoms with Crippen molar-refractivity contribution in [2.45, 2.75) is 33.4 Å². The van der Waals surface area contributed by atoms with Crippen LogP contribution < -0.4 is 5.32 Å². The monoisotopic (exact) mass is 262 g/mol. The molecule has 0 aliphatic rings. The Kier molecular flexibility index (Phi) is 4.63. The summed E-state index contributed by atoms with van der Waals surface area (Å²) >= 11 is 0. The number of halogens is 1. The van der Waals surface area contributed by atoms with Gasteiger partial charge in [-0.3, -0.25) is 0 Å². The van der Waals surface area contributed by atoms with Crippen molar-refractivity contribution >= 4 is 0 Å². The number of hydrogen-bond donors (Lipinski definition) is 1. The number of rotatable bonds is 6. The zero-order valence-electron chi connectivity index (χ0n) is 11.4. The quantitative estimate of drug-likeness (QED) is 0.812. The third-order valence-corrected chi connectivity index (χ3v) is 2.96. The first kappa shape index (κ1) is 13.7. The number of nitrogens with zero attached hydrogens (tertiary/aromatic N) is 3. The van der Waals surface area contributed by atoms with E-state index in [-0.39, 0.29) is 5.82 Å². The second-order valence-corrected chi connectivity index (χ2v) is 4.66. The van der Waals surface area contributed by atoms with E-state index < -0.39 is 0 Å². The standard InChI is InChI=1S/C14H19FN4/c1-3-6-16-8-14-10-19(18-17-14)9-12-4-5-13(15)7-11(12)2/h4-5,7,10,16H,3,6,8-9H2,1-2H3. The zero-order valence-corrected chi connectivity index (χ0v) is 11.4. The third kappa shape index (κ3) is 3.86. The molecule has 0 aliphatic heterocycles. The van der Waals surface area contributed by atoms with Crippen LogP contribution in [0.5, 0.6) is 0 Å². The van der Waals surface area contributed by atoms with E-state index in [0.717, 1.165) is 36.3 Å². The molecule has 2 rings (SSSR count). The predicted octanol–water partition coefficient (Wildman–Crippen LogP) is 2.27. The molecule has 0 saturated heterocycles. The van der Waals surface area contributed by atoms with Crippen LogP contribution in [-0.4, -0.2) is 21.5 Å². The summed E-state index contributed by atoms with van der Waals surface area (Å²) in [5.41, 5.74) is 2.91. The largest absolute Gasteiger partial charge is 0.311 e. The van der Waals surface area contributed by atoms with Gasteiger partial charge in [-0.2, -0.15) is 0 Å². The Labute approximate surface area is 112 Å². The number of nitrogens with one attached hydrogen (secondary N) is 1. The smallest absolute Gasteiger partial charge is 0.123 e. The Hall–Kier alpha value is -1.75. The van der Waals surface area contributed by atoms with Gasteiger partial charge in [-0.25, -0.2) is 9.07 Å². The second kappa shape index (κ2) is 6.43. The highest BCUT2D eigenvalue weighted by Crippen LogP contribution is 2.11. The normalized spacial score (nSPS) is 10.9. The fourth-order valence-corrected chi connectivity index (χ4v) is 1.90. The first-order valence-electron chi connectivity index (χ1n) is 6.54. The second-order valence-electron chi connectivity index (χ2n) is 4.66. The van der Waals surface area contributed by atoms with Gasteiger partial charge in [0.05, 0.1) is 18.4 Å². The molecule has 1 aromatic carbocycles. The van der Waals surface area contributed by atoms with E-state index in [9.17, 15) is 4.39 Å². The minimum atomic E-state index is -0.204. The third-order valence-electron chi connectivity index (χ3n) is 2.96. The molecule has 0 fully saturated rings. The Morgan fingerprint density at radius 3 is 2.95 bits per heavy atom. The molecule has 0 radical (unpaired) electrons. The summed E-state index contributed by atoms with van der Waals surface area (Å²) in [5, 5.41) is 11.5. The molecule has 0 amide bonds. The topological polar surface area (TPSA) is 42.7 Å². The SMILES string of the molecule is CCCNCc1cn(Cc2ccc(F)cc2C)nn1. The van der Waals surface area contributed by atoms with Crippen molar-refractivity contribution in [2.75, 3.05) is 6.54 Å². The summed E-state index contributed by atoms with van der Waals surface area (Å²) in [6.45, 7) is 6.35. The van der Waals surface area contributed by atoms with E-state index in [2.05, 4.69) is 22.6 Å². The lowest BCUT2D eigenvalue weighted by atomic mass is 10.1. The van der Waals surface area contributed by atoms with Crippen molar-refractivity contribution in [3.8, 4) is 0 Å². The van der Waals surface area contributed by atoms with Crippen LogP contribution in [0, 0.1) is 12.7 Å². The Morgan fingerprint density at radius 1 is 1.37 bits per heavy atom. The summed E-state index contributed by atoms with van der Waals surface area (Å²) in [6.07, 6.45) is 3.02. The maximum Gasteiger partial charge on any atom is 0.123 e. The molecule has 0 bridgehead atoms. The summed E-state index contributed by atoms with van der Waals surface area (Å²) in [5.74, 6) is -0.204. The fraction of sp³-hybridized carbons (Fsp3) is 0.429. The van der Waals surface area contributed by atoms with Crippen LogP contribution in [0.4, 0.5) is 4.39 Å². The van der Waals surface area contributed by atoms with E-state index in [1.54, 1.807) is 10.7 Å². The highest BCUT2D eigenvalue weighted by molar-refractivity contribution is 5.26. The van der Waals surface area contributed by atoms with Crippen LogP contribution in [0.25, 0.3) is 0 Å². The number of aromatic nitrogens is 3. The van der Waals surface area contributed by atoms with Gasteiger partial charge in [0.25, 0.3) is 0 Å². The minimum absolute atomic E-state index is 0.204. The molecule has 0 atom stereocenters. The summed E-state index contributed by atoms with van der Waals surface area (Å²) in [4.78, 5) is 0. The zero-order chi connectivity index (χ0) is 13.7. The van der Waals surface area contributed by atoms with Crippen LogP contribution in [0.2, 0.25) is 0 Å². The number of hydrogen-bond acceptors (Lipinski definition) is 3. The Bertz CT molecular complexity index is 536. The summed E-state index contributed by atoms with van der Waals surface area (Å²) in [6, 6.07) is 4.81. The van der Waals surface area contributed by atoms with Crippen molar-refractivity contribution in [2.24, 2.45) is 0 Å². The van der Waals surface area contributed by atoms with Crippen LogP contribution >= 0.6 is 0 Å². The molecular formula is C14H19FN4. The van der Waals surface area contributed by atoms with Gasteiger partial charge in [-0.1, -0.05) is 18.2 Å². The van der Waals surface area contributed by atoms with Crippen LogP contribution in [0.1, 0.15) is 30.2 Å². The molecule has 5 heteroatoms. The van der Waals surface area contributed by atoms with Crippen LogP contribution in [0.15, 0.2) is 24.4 Å². The molecule has 0 spiro atoms. The molecule has 4 nitrogen and oxygen atoms in total. The molecule has 1 aromatic heterocycles. The molecular weight excluding hydrogens is 243 g/mol. The summed E-state index contributed by atoms with van der Waals surface area (Å²) < 4.78 is 14.8. The fourth-order valence-electron chi connectivity index (χ4n) is 1.90. The highest BCUT2D eigenvalue weighted by Gasteiger charge is 2.04. The lowest BCUT2D eigenvalue weighted by molar-refractivity contribution is 0.618. The summed E-state index contributed by atoms with van der Waals surface area (Å²) in [7, 11) is 0. The van der Waals surface area contributed by atoms with E-state index in [1.807, 2.05) is 13.1 Å². The average molecular weight is 262 g/mol. The first-order valence-corrected chi connectivity index (χ1v) is 6.54. The predicted molar refractivity (Wildman–Crippen MR) is 72.3 cm³/mol. The molecule has 1 N–H and O–H groups in total. The molecule has 0 unspecified atom stereocenters. The van der Waals surface area contributed by atoms with E-state index in [1.165, 1.54) is 12.1 Å². The van der Waals surface area contributed by atoms with Gasteiger partial charge in [0, 0.05) is 6.54 Å². The highest BCUT2D eigenvalue weighted by atomic mass is 19.1. The van der Waals surface area contributed by atoms with Gasteiger partial charge >= 0.3 is 0 Å². The van der Waals surface area contributed by atoms with Gasteiger partial charge in [0.1, 0.15) is 5.82 Å². The Balaban J connectivity index is 1.99. The maximum absolute atomic E-state index is 13.0. The van der Waals surface area contributed by atoms with Gasteiger partial charge in [-0.15, -0.1) is 5.10 Å². The van der Waals surface area contributed by atoms with Crippen molar-refractivity contribution in [3.63, 3.8) is 0 Å². The van der Waals surface area contributed by atoms with Crippen molar-refractivity contribution in [3.05, 3.63) is 47.0 Å². The van der Waals surface area contributed by atoms with E-state index in [4.69, 9.17) is 0 Å². The van der Waals surface area contributed by atoms with Gasteiger partial charge in [0.2, 0.25) is 0 Å². The number of aryl methyl sites for hydroxylation is 1. The van der Waals surface area contributed by atoms with E-state index in [0.29, 0.717) is 6.54 Å². The van der Waals surface area contributed by atoms with Crippen molar-refractivity contribution in [1.82, 2.24) is 20.3 Å². The van der Waals surface area contributed by atoms with Crippen LogP contribution in [-0.2, 0) is 13.1 Å². The molecule has 102 valence electrons. The van der Waals surface area contributed by atoms with Gasteiger partial charge < -0.3 is 5.32 Å². The van der Waals surface area contributed by atoms with Crippen molar-refractivity contribution < 1.29 is 4.39 Å². The molecule has 19 heavy (non-hydrogen) atoms. The number of benzene rings is 1. The maximum atomic E-state index is 13.0. The van der Waals surface area contributed by atoms with Gasteiger partial charge in [0.15, 0.2) is 0 Å². The molecule has 2 aromatic rings. The van der Waals surface area contributed by atoms with Crippen molar-refractivity contribution in [1.29, 1.82) is 0 Å². The van der Waals surface area contributed by atoms with Gasteiger partial charge in [-0.05, 0) is 43.1 Å². The van der Waals surface area contributed by atoms with E-state index >= 15 is 0 Å². The molecule has 0 saturated carbocycles. The molecule has 0 aliphatic carbocycles.